The Labute approximate surface area is 121 Å². The molecule has 1 aliphatic heterocycles. The van der Waals surface area contributed by atoms with Crippen molar-refractivity contribution in [2.75, 3.05) is 26.7 Å². The third kappa shape index (κ3) is 2.89. The van der Waals surface area contributed by atoms with Crippen molar-refractivity contribution in [1.82, 2.24) is 19.4 Å². The Morgan fingerprint density at radius 2 is 2.15 bits per heavy atom. The van der Waals surface area contributed by atoms with Crippen LogP contribution in [0.4, 0.5) is 0 Å². The van der Waals surface area contributed by atoms with Crippen molar-refractivity contribution in [3.8, 4) is 0 Å². The highest BCUT2D eigenvalue weighted by molar-refractivity contribution is 7.89. The predicted octanol–water partition coefficient (Wildman–Crippen LogP) is 0.657. The number of aromatic nitrogens is 2. The van der Waals surface area contributed by atoms with E-state index in [-0.39, 0.29) is 0 Å². The molecule has 1 aromatic heterocycles. The second-order valence-corrected chi connectivity index (χ2v) is 7.60. The molecular weight excluding hydrogens is 276 g/mol. The molecule has 1 fully saturated rings. The van der Waals surface area contributed by atoms with E-state index in [1.165, 1.54) is 4.31 Å². The molecule has 0 bridgehead atoms. The molecule has 1 N–H and O–H groups in total. The van der Waals surface area contributed by atoms with Crippen molar-refractivity contribution in [2.45, 2.75) is 31.6 Å². The molecule has 2 heterocycles. The summed E-state index contributed by atoms with van der Waals surface area (Å²) in [5.74, 6) is 0.390. The van der Waals surface area contributed by atoms with Crippen molar-refractivity contribution in [1.29, 1.82) is 0 Å². The molecule has 0 spiro atoms. The van der Waals surface area contributed by atoms with Gasteiger partial charge in [-0.15, -0.1) is 0 Å². The van der Waals surface area contributed by atoms with Gasteiger partial charge in [0, 0.05) is 20.6 Å². The first-order chi connectivity index (χ1) is 9.34. The van der Waals surface area contributed by atoms with Crippen LogP contribution in [0.1, 0.15) is 24.2 Å². The van der Waals surface area contributed by atoms with E-state index in [0.717, 1.165) is 25.9 Å². The summed E-state index contributed by atoms with van der Waals surface area (Å²) in [6.45, 7) is 6.03. The van der Waals surface area contributed by atoms with Gasteiger partial charge in [-0.3, -0.25) is 4.68 Å². The molecule has 0 saturated carbocycles. The van der Waals surface area contributed by atoms with Crippen molar-refractivity contribution >= 4 is 10.0 Å². The fraction of sp³-hybridized carbons (Fsp3) is 0.769. The largest absolute Gasteiger partial charge is 0.316 e. The zero-order chi connectivity index (χ0) is 14.9. The van der Waals surface area contributed by atoms with Gasteiger partial charge in [0.15, 0.2) is 0 Å². The molecule has 1 aromatic rings. The highest BCUT2D eigenvalue weighted by Gasteiger charge is 2.29. The summed E-state index contributed by atoms with van der Waals surface area (Å²) in [5.41, 5.74) is 1.26. The lowest BCUT2D eigenvalue weighted by Gasteiger charge is -2.27. The summed E-state index contributed by atoms with van der Waals surface area (Å²) in [4.78, 5) is 0.353. The topological polar surface area (TPSA) is 67.2 Å². The van der Waals surface area contributed by atoms with E-state index in [1.54, 1.807) is 32.6 Å². The number of hydrogen-bond donors (Lipinski definition) is 1. The van der Waals surface area contributed by atoms with E-state index in [0.29, 0.717) is 28.7 Å². The Balaban J connectivity index is 2.20. The van der Waals surface area contributed by atoms with Gasteiger partial charge in [0.25, 0.3) is 0 Å². The normalized spacial score (nSPS) is 20.6. The van der Waals surface area contributed by atoms with Crippen LogP contribution in [0.5, 0.6) is 0 Å². The minimum atomic E-state index is -3.46. The zero-order valence-electron chi connectivity index (χ0n) is 12.7. The van der Waals surface area contributed by atoms with Crippen LogP contribution >= 0.6 is 0 Å². The number of sulfonamides is 1. The Kier molecular flexibility index (Phi) is 4.51. The minimum Gasteiger partial charge on any atom is -0.316 e. The first-order valence-electron chi connectivity index (χ1n) is 7.01. The van der Waals surface area contributed by atoms with Crippen LogP contribution in [-0.4, -0.2) is 49.2 Å². The molecule has 1 unspecified atom stereocenters. The maximum absolute atomic E-state index is 12.7. The summed E-state index contributed by atoms with van der Waals surface area (Å²) in [5, 5.41) is 7.52. The highest BCUT2D eigenvalue weighted by atomic mass is 32.2. The van der Waals surface area contributed by atoms with Gasteiger partial charge < -0.3 is 5.32 Å². The maximum atomic E-state index is 12.7. The van der Waals surface area contributed by atoms with E-state index in [4.69, 9.17) is 0 Å². The van der Waals surface area contributed by atoms with E-state index >= 15 is 0 Å². The standard InChI is InChI=1S/C13H24N4O2S/c1-10-13(11(2)17(4)15-10)20(18,19)16(3)9-12-6-5-7-14-8-12/h12,14H,5-9H2,1-4H3. The molecule has 114 valence electrons. The number of nitrogens with one attached hydrogen (secondary N) is 1. The second-order valence-electron chi connectivity index (χ2n) is 5.62. The van der Waals surface area contributed by atoms with Gasteiger partial charge in [0.1, 0.15) is 4.90 Å². The minimum absolute atomic E-state index is 0.353. The second kappa shape index (κ2) is 5.83. The van der Waals surface area contributed by atoms with E-state index in [9.17, 15) is 8.42 Å². The van der Waals surface area contributed by atoms with Crippen LogP contribution < -0.4 is 5.32 Å². The lowest BCUT2D eigenvalue weighted by atomic mass is 10.00. The van der Waals surface area contributed by atoms with Gasteiger partial charge in [-0.25, -0.2) is 12.7 Å². The number of aryl methyl sites for hydroxylation is 2. The molecule has 0 radical (unpaired) electrons. The van der Waals surface area contributed by atoms with Crippen LogP contribution in [0.2, 0.25) is 0 Å². The van der Waals surface area contributed by atoms with Crippen LogP contribution in [0.25, 0.3) is 0 Å². The molecular formula is C13H24N4O2S. The Hall–Kier alpha value is -0.920. The fourth-order valence-corrected chi connectivity index (χ4v) is 4.46. The summed E-state index contributed by atoms with van der Waals surface area (Å²) in [6, 6.07) is 0. The van der Waals surface area contributed by atoms with Gasteiger partial charge in [0.05, 0.1) is 11.4 Å². The smallest absolute Gasteiger partial charge is 0.246 e. The van der Waals surface area contributed by atoms with Crippen LogP contribution in [0, 0.1) is 19.8 Å². The van der Waals surface area contributed by atoms with Crippen molar-refractivity contribution in [3.05, 3.63) is 11.4 Å². The molecule has 2 rings (SSSR count). The van der Waals surface area contributed by atoms with E-state index < -0.39 is 10.0 Å². The summed E-state index contributed by atoms with van der Waals surface area (Å²) in [6.07, 6.45) is 2.20. The SMILES string of the molecule is Cc1nn(C)c(C)c1S(=O)(=O)N(C)CC1CCCNC1. The van der Waals surface area contributed by atoms with Gasteiger partial charge in [-0.2, -0.15) is 5.10 Å². The Bertz CT molecular complexity index is 573. The molecule has 1 atom stereocenters. The zero-order valence-corrected chi connectivity index (χ0v) is 13.5. The highest BCUT2D eigenvalue weighted by Crippen LogP contribution is 2.23. The van der Waals surface area contributed by atoms with Crippen molar-refractivity contribution < 1.29 is 8.42 Å². The average Bonchev–Trinajstić information content (AvgIpc) is 2.64. The molecule has 0 aromatic carbocycles. The molecule has 0 aliphatic carbocycles. The van der Waals surface area contributed by atoms with Gasteiger partial charge in [-0.1, -0.05) is 0 Å². The Morgan fingerprint density at radius 1 is 1.45 bits per heavy atom. The van der Waals surface area contributed by atoms with E-state index in [2.05, 4.69) is 10.4 Å². The van der Waals surface area contributed by atoms with Gasteiger partial charge in [-0.05, 0) is 45.7 Å². The third-order valence-corrected chi connectivity index (χ3v) is 6.10. The molecule has 1 saturated heterocycles. The first-order valence-corrected chi connectivity index (χ1v) is 8.45. The predicted molar refractivity (Wildman–Crippen MR) is 78.1 cm³/mol. The maximum Gasteiger partial charge on any atom is 0.246 e. The van der Waals surface area contributed by atoms with Crippen molar-refractivity contribution in [2.24, 2.45) is 13.0 Å². The molecule has 1 aliphatic rings. The van der Waals surface area contributed by atoms with Crippen LogP contribution in [0.3, 0.4) is 0 Å². The molecule has 0 amide bonds. The van der Waals surface area contributed by atoms with E-state index in [1.807, 2.05) is 0 Å². The lowest BCUT2D eigenvalue weighted by Crippen LogP contribution is -2.39. The molecule has 6 nitrogen and oxygen atoms in total. The summed E-state index contributed by atoms with van der Waals surface area (Å²) in [7, 11) is -0.0239. The van der Waals surface area contributed by atoms with Crippen LogP contribution in [0.15, 0.2) is 4.90 Å². The van der Waals surface area contributed by atoms with Crippen LogP contribution in [-0.2, 0) is 17.1 Å². The summed E-state index contributed by atoms with van der Waals surface area (Å²) >= 11 is 0. The third-order valence-electron chi connectivity index (χ3n) is 4.03. The average molecular weight is 300 g/mol. The Morgan fingerprint density at radius 3 is 2.65 bits per heavy atom. The van der Waals surface area contributed by atoms with Gasteiger partial charge in [0.2, 0.25) is 10.0 Å². The molecule has 7 heteroatoms. The lowest BCUT2D eigenvalue weighted by molar-refractivity contribution is 0.314. The molecule has 20 heavy (non-hydrogen) atoms. The fourth-order valence-electron chi connectivity index (χ4n) is 2.82. The monoisotopic (exact) mass is 300 g/mol. The van der Waals surface area contributed by atoms with Crippen molar-refractivity contribution in [3.63, 3.8) is 0 Å². The number of nitrogens with zero attached hydrogens (tertiary/aromatic N) is 3. The first kappa shape index (κ1) is 15.5. The quantitative estimate of drug-likeness (QED) is 0.887. The number of piperidine rings is 1. The van der Waals surface area contributed by atoms with Gasteiger partial charge >= 0.3 is 0 Å². The summed E-state index contributed by atoms with van der Waals surface area (Å²) < 4.78 is 28.5. The number of rotatable bonds is 4. The number of hydrogen-bond acceptors (Lipinski definition) is 4.